The van der Waals surface area contributed by atoms with E-state index in [2.05, 4.69) is 13.8 Å². The molecule has 0 amide bonds. The summed E-state index contributed by atoms with van der Waals surface area (Å²) < 4.78 is 11.1. The third kappa shape index (κ3) is 6.19. The summed E-state index contributed by atoms with van der Waals surface area (Å²) in [6.07, 6.45) is 6.85. The fraction of sp³-hybridized carbons (Fsp3) is 0.462. The van der Waals surface area contributed by atoms with Crippen molar-refractivity contribution in [1.82, 2.24) is 0 Å². The second-order valence-electron chi connectivity index (χ2n) is 8.18. The van der Waals surface area contributed by atoms with Crippen molar-refractivity contribution in [1.29, 1.82) is 0 Å². The summed E-state index contributed by atoms with van der Waals surface area (Å²) in [5.41, 5.74) is 2.49. The van der Waals surface area contributed by atoms with Crippen molar-refractivity contribution < 1.29 is 19.1 Å². The molecule has 0 unspecified atom stereocenters. The summed E-state index contributed by atoms with van der Waals surface area (Å²) in [6.45, 7) is 4.28. The summed E-state index contributed by atoms with van der Waals surface area (Å²) >= 11 is 0. The van der Waals surface area contributed by atoms with Crippen LogP contribution in [0.4, 0.5) is 0 Å². The number of aryl methyl sites for hydroxylation is 2. The first kappa shape index (κ1) is 22.1. The van der Waals surface area contributed by atoms with Gasteiger partial charge in [-0.25, -0.2) is 0 Å². The molecule has 0 radical (unpaired) electrons. The highest BCUT2D eigenvalue weighted by Crippen LogP contribution is 2.31. The number of hydrogen-bond acceptors (Lipinski definition) is 4. The van der Waals surface area contributed by atoms with E-state index >= 15 is 0 Å². The van der Waals surface area contributed by atoms with Gasteiger partial charge in [0.25, 0.3) is 0 Å². The Balaban J connectivity index is 1.45. The minimum Gasteiger partial charge on any atom is -0.426 e. The van der Waals surface area contributed by atoms with Crippen LogP contribution in [-0.4, -0.2) is 11.9 Å². The zero-order valence-electron chi connectivity index (χ0n) is 18.1. The van der Waals surface area contributed by atoms with Crippen molar-refractivity contribution in [2.24, 2.45) is 11.8 Å². The van der Waals surface area contributed by atoms with E-state index in [-0.39, 0.29) is 23.8 Å². The maximum absolute atomic E-state index is 12.5. The van der Waals surface area contributed by atoms with Crippen molar-refractivity contribution in [3.63, 3.8) is 0 Å². The molecule has 1 aliphatic rings. The lowest BCUT2D eigenvalue weighted by atomic mass is 9.82. The molecule has 3 rings (SSSR count). The molecule has 160 valence electrons. The molecule has 2 aromatic carbocycles. The van der Waals surface area contributed by atoms with Gasteiger partial charge in [-0.1, -0.05) is 51.0 Å². The fourth-order valence-electron chi connectivity index (χ4n) is 3.99. The van der Waals surface area contributed by atoms with Crippen molar-refractivity contribution in [3.05, 3.63) is 59.7 Å². The van der Waals surface area contributed by atoms with Gasteiger partial charge in [0.2, 0.25) is 0 Å². The normalized spacial score (nSPS) is 18.6. The smallest absolute Gasteiger partial charge is 0.314 e. The number of carbonyl (C=O) groups is 2. The Morgan fingerprint density at radius 2 is 1.00 bits per heavy atom. The molecule has 0 saturated heterocycles. The number of ether oxygens (including phenoxy) is 2. The van der Waals surface area contributed by atoms with Gasteiger partial charge in [0.15, 0.2) is 0 Å². The zero-order valence-corrected chi connectivity index (χ0v) is 18.1. The van der Waals surface area contributed by atoms with Gasteiger partial charge in [-0.3, -0.25) is 9.59 Å². The van der Waals surface area contributed by atoms with E-state index in [9.17, 15) is 9.59 Å². The van der Waals surface area contributed by atoms with E-state index in [1.807, 2.05) is 48.5 Å². The average Bonchev–Trinajstić information content (AvgIpc) is 2.77. The highest BCUT2D eigenvalue weighted by molar-refractivity contribution is 5.77. The zero-order chi connectivity index (χ0) is 21.3. The van der Waals surface area contributed by atoms with E-state index in [0.717, 1.165) is 25.7 Å². The Bertz CT molecular complexity index is 744. The maximum atomic E-state index is 12.5. The summed E-state index contributed by atoms with van der Waals surface area (Å²) in [5, 5.41) is 0. The lowest BCUT2D eigenvalue weighted by Gasteiger charge is -2.25. The van der Waals surface area contributed by atoms with Crippen LogP contribution in [0.1, 0.15) is 63.5 Å². The maximum Gasteiger partial charge on any atom is 0.314 e. The second kappa shape index (κ2) is 11.0. The first-order chi connectivity index (χ1) is 14.6. The molecule has 0 atom stereocenters. The number of carbonyl (C=O) groups excluding carboxylic acids is 2. The standard InChI is InChI=1S/C26H32O4/c1-3-5-19-7-15-23(16-8-19)29-25(27)21-11-13-22(14-12-21)26(28)30-24-17-9-20(6-4-2)10-18-24/h7-10,15-18,21-22H,3-6,11-14H2,1-2H3. The van der Waals surface area contributed by atoms with Crippen LogP contribution in [0.25, 0.3) is 0 Å². The Morgan fingerprint density at radius 3 is 1.30 bits per heavy atom. The van der Waals surface area contributed by atoms with Crippen LogP contribution in [0.15, 0.2) is 48.5 Å². The van der Waals surface area contributed by atoms with Gasteiger partial charge in [0.05, 0.1) is 11.8 Å². The summed E-state index contributed by atoms with van der Waals surface area (Å²) in [5.74, 6) is 0.476. The molecule has 0 heterocycles. The SMILES string of the molecule is CCCc1ccc(OC(=O)C2CCC(C(=O)Oc3ccc(CCC)cc3)CC2)cc1. The lowest BCUT2D eigenvalue weighted by Crippen LogP contribution is -2.30. The minimum absolute atomic E-state index is 0.155. The van der Waals surface area contributed by atoms with Gasteiger partial charge in [0, 0.05) is 0 Å². The van der Waals surface area contributed by atoms with E-state index < -0.39 is 0 Å². The summed E-state index contributed by atoms with van der Waals surface area (Å²) in [4.78, 5) is 25.0. The molecule has 0 aromatic heterocycles. The number of esters is 2. The van der Waals surface area contributed by atoms with Crippen LogP contribution in [0.3, 0.4) is 0 Å². The Hall–Kier alpha value is -2.62. The van der Waals surface area contributed by atoms with Crippen LogP contribution < -0.4 is 9.47 Å². The molecule has 4 heteroatoms. The lowest BCUT2D eigenvalue weighted by molar-refractivity contribution is -0.145. The Kier molecular flexibility index (Phi) is 8.06. The predicted octanol–water partition coefficient (Wildman–Crippen LogP) is 5.91. The fourth-order valence-corrected chi connectivity index (χ4v) is 3.99. The molecular formula is C26H32O4. The topological polar surface area (TPSA) is 52.6 Å². The van der Waals surface area contributed by atoms with Gasteiger partial charge in [0.1, 0.15) is 11.5 Å². The largest absolute Gasteiger partial charge is 0.426 e. The van der Waals surface area contributed by atoms with Crippen LogP contribution in [-0.2, 0) is 22.4 Å². The molecule has 0 aliphatic heterocycles. The van der Waals surface area contributed by atoms with Gasteiger partial charge in [-0.05, 0) is 73.9 Å². The minimum atomic E-state index is -0.198. The Morgan fingerprint density at radius 1 is 0.667 bits per heavy atom. The van der Waals surface area contributed by atoms with Crippen LogP contribution in [0.5, 0.6) is 11.5 Å². The van der Waals surface area contributed by atoms with E-state index in [1.54, 1.807) is 0 Å². The number of benzene rings is 2. The van der Waals surface area contributed by atoms with Crippen molar-refractivity contribution in [2.45, 2.75) is 65.2 Å². The molecule has 30 heavy (non-hydrogen) atoms. The van der Waals surface area contributed by atoms with Gasteiger partial charge < -0.3 is 9.47 Å². The summed E-state index contributed by atoms with van der Waals surface area (Å²) in [6, 6.07) is 15.5. The van der Waals surface area contributed by atoms with E-state index in [4.69, 9.17) is 9.47 Å². The molecule has 0 spiro atoms. The predicted molar refractivity (Wildman–Crippen MR) is 118 cm³/mol. The number of hydrogen-bond donors (Lipinski definition) is 0. The number of rotatable bonds is 8. The third-order valence-corrected chi connectivity index (χ3v) is 5.75. The Labute approximate surface area is 179 Å². The molecule has 4 nitrogen and oxygen atoms in total. The first-order valence-electron chi connectivity index (χ1n) is 11.2. The molecule has 1 aliphatic carbocycles. The third-order valence-electron chi connectivity index (χ3n) is 5.75. The monoisotopic (exact) mass is 408 g/mol. The van der Waals surface area contributed by atoms with Crippen molar-refractivity contribution in [2.75, 3.05) is 0 Å². The molecular weight excluding hydrogens is 376 g/mol. The van der Waals surface area contributed by atoms with Gasteiger partial charge >= 0.3 is 11.9 Å². The van der Waals surface area contributed by atoms with E-state index in [0.29, 0.717) is 37.2 Å². The van der Waals surface area contributed by atoms with Crippen LogP contribution in [0.2, 0.25) is 0 Å². The second-order valence-corrected chi connectivity index (χ2v) is 8.18. The highest BCUT2D eigenvalue weighted by Gasteiger charge is 2.32. The van der Waals surface area contributed by atoms with E-state index in [1.165, 1.54) is 11.1 Å². The van der Waals surface area contributed by atoms with Crippen molar-refractivity contribution in [3.8, 4) is 11.5 Å². The van der Waals surface area contributed by atoms with Crippen LogP contribution in [0, 0.1) is 11.8 Å². The molecule has 1 fully saturated rings. The first-order valence-corrected chi connectivity index (χ1v) is 11.2. The molecule has 2 aromatic rings. The van der Waals surface area contributed by atoms with Crippen LogP contribution >= 0.6 is 0 Å². The average molecular weight is 409 g/mol. The van der Waals surface area contributed by atoms with Gasteiger partial charge in [-0.15, -0.1) is 0 Å². The summed E-state index contributed by atoms with van der Waals surface area (Å²) in [7, 11) is 0. The molecule has 1 saturated carbocycles. The quantitative estimate of drug-likeness (QED) is 0.402. The van der Waals surface area contributed by atoms with Gasteiger partial charge in [-0.2, -0.15) is 0 Å². The molecule has 0 bridgehead atoms. The van der Waals surface area contributed by atoms with Crippen molar-refractivity contribution >= 4 is 11.9 Å². The highest BCUT2D eigenvalue weighted by atomic mass is 16.5. The molecule has 0 N–H and O–H groups in total.